The molecule has 0 aliphatic carbocycles. The number of thioether (sulfide) groups is 3. The number of β-lactam (4-membered cyclic amide) rings is 1. The van der Waals surface area contributed by atoms with Gasteiger partial charge in [-0.15, -0.1) is 33.7 Å². The number of nitrogens with zero attached hydrogens (tertiary/aromatic N) is 5. The van der Waals surface area contributed by atoms with Crippen molar-refractivity contribution in [1.29, 1.82) is 5.26 Å². The summed E-state index contributed by atoms with van der Waals surface area (Å²) >= 11 is 3.64. The zero-order chi connectivity index (χ0) is 22.9. The molecule has 0 spiro atoms. The van der Waals surface area contributed by atoms with Gasteiger partial charge in [0.15, 0.2) is 10.4 Å². The number of rotatable bonds is 8. The van der Waals surface area contributed by atoms with Crippen LogP contribution in [0, 0.1) is 18.3 Å². The summed E-state index contributed by atoms with van der Waals surface area (Å²) in [7, 11) is 3.08. The molecule has 14 heteroatoms. The SMILES string of the molecule is CO[C@@]1(NC(=O)C(C#N)SC)C(=O)N2C(C(=O)O)=C(CSc3nnc(C)n3C)CS[C@H]21. The lowest BCUT2D eigenvalue weighted by Gasteiger charge is -2.55. The summed E-state index contributed by atoms with van der Waals surface area (Å²) in [5.74, 6) is -1.22. The molecule has 1 aromatic rings. The van der Waals surface area contributed by atoms with Gasteiger partial charge in [-0.2, -0.15) is 5.26 Å². The fourth-order valence-corrected chi connectivity index (χ4v) is 6.10. The number of aromatic nitrogens is 3. The van der Waals surface area contributed by atoms with Crippen LogP contribution >= 0.6 is 35.3 Å². The number of ether oxygens (including phenoxy) is 1. The standard InChI is InChI=1S/C17H20N6O5S3/c1-8-20-21-16(22(8)2)31-7-9-6-30-15-17(28-3,19-12(24)10(5-18)29-4)14(27)23(15)11(9)13(25)26/h10,15H,6-7H2,1-4H3,(H,19,24)(H,25,26)/t10?,15-,17-/m0/s1. The lowest BCUT2D eigenvalue weighted by atomic mass is 9.98. The first-order valence-corrected chi connectivity index (χ1v) is 12.2. The van der Waals surface area contributed by atoms with Crippen LogP contribution in [0.3, 0.4) is 0 Å². The number of carboxylic acid groups (broad SMARTS) is 1. The molecule has 2 N–H and O–H groups in total. The Bertz CT molecular complexity index is 1000. The largest absolute Gasteiger partial charge is 0.477 e. The molecule has 0 bridgehead atoms. The predicted octanol–water partition coefficient (Wildman–Crippen LogP) is 0.184. The number of aryl methyl sites for hydroxylation is 1. The minimum absolute atomic E-state index is 0.122. The van der Waals surface area contributed by atoms with Crippen LogP contribution in [0.25, 0.3) is 0 Å². The summed E-state index contributed by atoms with van der Waals surface area (Å²) in [5.41, 5.74) is -1.28. The fourth-order valence-electron chi connectivity index (χ4n) is 3.19. The van der Waals surface area contributed by atoms with Crippen molar-refractivity contribution in [2.75, 3.05) is 24.9 Å². The van der Waals surface area contributed by atoms with Crippen molar-refractivity contribution in [2.24, 2.45) is 7.05 Å². The number of fused-ring (bicyclic) bond motifs is 1. The van der Waals surface area contributed by atoms with Gasteiger partial charge in [-0.05, 0) is 18.8 Å². The number of nitriles is 1. The van der Waals surface area contributed by atoms with Crippen molar-refractivity contribution >= 4 is 53.1 Å². The third kappa shape index (κ3) is 3.91. The minimum atomic E-state index is -1.72. The van der Waals surface area contributed by atoms with E-state index in [-0.39, 0.29) is 5.70 Å². The van der Waals surface area contributed by atoms with Gasteiger partial charge in [-0.25, -0.2) is 4.79 Å². The van der Waals surface area contributed by atoms with Gasteiger partial charge in [0.2, 0.25) is 5.91 Å². The maximum absolute atomic E-state index is 13.0. The Hall–Kier alpha value is -2.21. The van der Waals surface area contributed by atoms with Gasteiger partial charge >= 0.3 is 5.97 Å². The zero-order valence-electron chi connectivity index (χ0n) is 17.1. The molecule has 3 atom stereocenters. The van der Waals surface area contributed by atoms with Gasteiger partial charge in [0.1, 0.15) is 16.9 Å². The molecule has 0 aromatic carbocycles. The Labute approximate surface area is 190 Å². The summed E-state index contributed by atoms with van der Waals surface area (Å²) in [6, 6.07) is 1.85. The summed E-state index contributed by atoms with van der Waals surface area (Å²) < 4.78 is 7.17. The van der Waals surface area contributed by atoms with E-state index in [2.05, 4.69) is 15.5 Å². The van der Waals surface area contributed by atoms with Crippen LogP contribution in [0.4, 0.5) is 0 Å². The van der Waals surface area contributed by atoms with Gasteiger partial charge in [-0.1, -0.05) is 11.8 Å². The summed E-state index contributed by atoms with van der Waals surface area (Å²) in [4.78, 5) is 38.6. The third-order valence-corrected chi connectivity index (χ3v) is 8.23. The molecule has 2 amide bonds. The number of carbonyl (C=O) groups is 3. The van der Waals surface area contributed by atoms with Crippen molar-refractivity contribution in [1.82, 2.24) is 25.0 Å². The molecule has 31 heavy (non-hydrogen) atoms. The molecule has 3 rings (SSSR count). The highest BCUT2D eigenvalue weighted by atomic mass is 32.2. The number of hydrogen-bond acceptors (Lipinski definition) is 10. The Balaban J connectivity index is 1.85. The monoisotopic (exact) mass is 484 g/mol. The second-order valence-electron chi connectivity index (χ2n) is 6.65. The van der Waals surface area contributed by atoms with Crippen LogP contribution in [0.2, 0.25) is 0 Å². The fraction of sp³-hybridized carbons (Fsp3) is 0.529. The Morgan fingerprint density at radius 2 is 2.23 bits per heavy atom. The number of amides is 2. The third-order valence-electron chi connectivity index (χ3n) is 4.96. The van der Waals surface area contributed by atoms with Gasteiger partial charge < -0.3 is 19.7 Å². The molecule has 2 aliphatic heterocycles. The number of hydrogen-bond donors (Lipinski definition) is 2. The van der Waals surface area contributed by atoms with Crippen LogP contribution in [0.5, 0.6) is 0 Å². The average Bonchev–Trinajstić information content (AvgIpc) is 3.07. The van der Waals surface area contributed by atoms with E-state index in [4.69, 9.17) is 10.00 Å². The van der Waals surface area contributed by atoms with Gasteiger partial charge in [0, 0.05) is 25.7 Å². The van der Waals surface area contributed by atoms with E-state index < -0.39 is 34.1 Å². The van der Waals surface area contributed by atoms with Gasteiger partial charge in [0.05, 0.1) is 6.07 Å². The maximum atomic E-state index is 13.0. The molecule has 1 unspecified atom stereocenters. The van der Waals surface area contributed by atoms with E-state index in [1.54, 1.807) is 10.8 Å². The summed E-state index contributed by atoms with van der Waals surface area (Å²) in [6.07, 6.45) is 1.60. The lowest BCUT2D eigenvalue weighted by molar-refractivity contribution is -0.192. The Morgan fingerprint density at radius 3 is 2.74 bits per heavy atom. The molecule has 3 heterocycles. The van der Waals surface area contributed by atoms with E-state index >= 15 is 0 Å². The first-order chi connectivity index (χ1) is 14.7. The quantitative estimate of drug-likeness (QED) is 0.295. The Morgan fingerprint density at radius 1 is 1.52 bits per heavy atom. The second kappa shape index (κ2) is 9.11. The topological polar surface area (TPSA) is 150 Å². The smallest absolute Gasteiger partial charge is 0.352 e. The summed E-state index contributed by atoms with van der Waals surface area (Å²) in [5, 5.41) is 28.3. The van der Waals surface area contributed by atoms with E-state index in [9.17, 15) is 19.5 Å². The molecular weight excluding hydrogens is 464 g/mol. The van der Waals surface area contributed by atoms with E-state index in [0.717, 1.165) is 22.5 Å². The molecule has 0 radical (unpaired) electrons. The first-order valence-electron chi connectivity index (χ1n) is 8.90. The van der Waals surface area contributed by atoms with Crippen LogP contribution in [0.1, 0.15) is 5.82 Å². The van der Waals surface area contributed by atoms with E-state index in [0.29, 0.717) is 22.2 Å². The van der Waals surface area contributed by atoms with Crippen molar-refractivity contribution in [2.45, 2.75) is 28.4 Å². The van der Waals surface area contributed by atoms with Crippen molar-refractivity contribution in [3.05, 3.63) is 17.1 Å². The van der Waals surface area contributed by atoms with Crippen LogP contribution < -0.4 is 5.32 Å². The number of nitrogens with one attached hydrogen (secondary N) is 1. The molecule has 2 aliphatic rings. The first kappa shape index (κ1) is 23.5. The van der Waals surface area contributed by atoms with Gasteiger partial charge in [-0.3, -0.25) is 14.5 Å². The van der Waals surface area contributed by atoms with E-state index in [1.807, 2.05) is 20.0 Å². The Kier molecular flexibility index (Phi) is 6.89. The molecule has 0 saturated carbocycles. The zero-order valence-corrected chi connectivity index (χ0v) is 19.6. The number of carboxylic acids is 1. The highest BCUT2D eigenvalue weighted by Gasteiger charge is 2.66. The minimum Gasteiger partial charge on any atom is -0.477 e. The van der Waals surface area contributed by atoms with Crippen LogP contribution in [0.15, 0.2) is 16.4 Å². The normalized spacial score (nSPS) is 23.6. The van der Waals surface area contributed by atoms with Crippen LogP contribution in [-0.4, -0.2) is 83.8 Å². The molecule has 166 valence electrons. The second-order valence-corrected chi connectivity index (χ2v) is 9.60. The molecule has 1 fully saturated rings. The van der Waals surface area contributed by atoms with Crippen molar-refractivity contribution < 1.29 is 24.2 Å². The highest BCUT2D eigenvalue weighted by Crippen LogP contribution is 2.47. The molecular formula is C17H20N6O5S3. The maximum Gasteiger partial charge on any atom is 0.352 e. The molecule has 1 saturated heterocycles. The van der Waals surface area contributed by atoms with Crippen molar-refractivity contribution in [3.8, 4) is 6.07 Å². The number of aliphatic carboxylic acids is 1. The highest BCUT2D eigenvalue weighted by molar-refractivity contribution is 8.01. The van der Waals surface area contributed by atoms with Crippen LogP contribution in [-0.2, 0) is 26.2 Å². The molecule has 11 nitrogen and oxygen atoms in total. The van der Waals surface area contributed by atoms with Crippen molar-refractivity contribution in [3.63, 3.8) is 0 Å². The number of methoxy groups -OCH3 is 1. The van der Waals surface area contributed by atoms with Gasteiger partial charge in [0.25, 0.3) is 11.6 Å². The predicted molar refractivity (Wildman–Crippen MR) is 115 cm³/mol. The molecule has 1 aromatic heterocycles. The number of carbonyl (C=O) groups excluding carboxylic acids is 2. The summed E-state index contributed by atoms with van der Waals surface area (Å²) in [6.45, 7) is 1.81. The average molecular weight is 485 g/mol. The lowest BCUT2D eigenvalue weighted by Crippen LogP contribution is -2.81. The van der Waals surface area contributed by atoms with E-state index in [1.165, 1.54) is 30.6 Å².